The smallest absolute Gasteiger partial charge is 0.250 e. The van der Waals surface area contributed by atoms with Crippen molar-refractivity contribution in [2.75, 3.05) is 13.6 Å². The van der Waals surface area contributed by atoms with Crippen LogP contribution in [0.15, 0.2) is 16.3 Å². The van der Waals surface area contributed by atoms with E-state index in [1.54, 1.807) is 6.07 Å². The quantitative estimate of drug-likeness (QED) is 0.843. The Bertz CT molecular complexity index is 518. The molecule has 1 saturated carbocycles. The highest BCUT2D eigenvalue weighted by Gasteiger charge is 2.22. The molecule has 1 heterocycles. The first-order valence-corrected chi connectivity index (χ1v) is 10.2. The second kappa shape index (κ2) is 8.27. The second-order valence-electron chi connectivity index (χ2n) is 5.74. The maximum Gasteiger partial charge on any atom is 0.250 e. The van der Waals surface area contributed by atoms with E-state index in [-0.39, 0.29) is 6.04 Å². The van der Waals surface area contributed by atoms with E-state index in [1.165, 1.54) is 30.6 Å². The van der Waals surface area contributed by atoms with Gasteiger partial charge in [0.1, 0.15) is 4.21 Å². The molecule has 0 unspecified atom stereocenters. The summed E-state index contributed by atoms with van der Waals surface area (Å²) < 4.78 is 28.3. The number of likely N-dealkylation sites (N-methyl/N-ethyl adjacent to an activating group) is 1. The van der Waals surface area contributed by atoms with Gasteiger partial charge in [-0.05, 0) is 45.0 Å². The van der Waals surface area contributed by atoms with Gasteiger partial charge in [-0.25, -0.2) is 13.1 Å². The average Bonchev–Trinajstić information content (AvgIpc) is 2.89. The van der Waals surface area contributed by atoms with Gasteiger partial charge in [-0.15, -0.1) is 11.3 Å². The normalized spacial score (nSPS) is 18.3. The zero-order valence-corrected chi connectivity index (χ0v) is 14.4. The van der Waals surface area contributed by atoms with E-state index in [0.29, 0.717) is 4.21 Å². The number of hydrogen-bond acceptors (Lipinski definition) is 4. The summed E-state index contributed by atoms with van der Waals surface area (Å²) in [7, 11) is -1.44. The van der Waals surface area contributed by atoms with Crippen LogP contribution >= 0.6 is 11.3 Å². The van der Waals surface area contributed by atoms with Gasteiger partial charge in [-0.1, -0.05) is 32.1 Å². The van der Waals surface area contributed by atoms with Gasteiger partial charge in [0.25, 0.3) is 0 Å². The lowest BCUT2D eigenvalue weighted by Crippen LogP contribution is -2.34. The highest BCUT2D eigenvalue weighted by atomic mass is 32.2. The predicted molar refractivity (Wildman–Crippen MR) is 88.4 cm³/mol. The summed E-state index contributed by atoms with van der Waals surface area (Å²) in [6.45, 7) is 0.871. The molecule has 2 rings (SSSR count). The molecule has 0 bridgehead atoms. The maximum atomic E-state index is 12.5. The third-order valence-electron chi connectivity index (χ3n) is 3.95. The molecule has 21 heavy (non-hydrogen) atoms. The van der Waals surface area contributed by atoms with Gasteiger partial charge >= 0.3 is 0 Å². The van der Waals surface area contributed by atoms with E-state index in [2.05, 4.69) is 10.0 Å². The van der Waals surface area contributed by atoms with Crippen LogP contribution in [-0.2, 0) is 16.4 Å². The lowest BCUT2D eigenvalue weighted by Gasteiger charge is -2.20. The molecule has 1 fully saturated rings. The fourth-order valence-electron chi connectivity index (χ4n) is 2.74. The van der Waals surface area contributed by atoms with E-state index < -0.39 is 10.0 Å². The zero-order valence-electron chi connectivity index (χ0n) is 12.7. The molecular formula is C15H26N2O2S2. The Labute approximate surface area is 132 Å². The van der Waals surface area contributed by atoms with Crippen molar-refractivity contribution in [3.8, 4) is 0 Å². The minimum Gasteiger partial charge on any atom is -0.319 e. The fourth-order valence-corrected chi connectivity index (χ4v) is 5.41. The lowest BCUT2D eigenvalue weighted by atomic mass is 9.97. The minimum absolute atomic E-state index is 0.109. The van der Waals surface area contributed by atoms with Crippen LogP contribution in [0.3, 0.4) is 0 Å². The highest BCUT2D eigenvalue weighted by molar-refractivity contribution is 7.91. The van der Waals surface area contributed by atoms with E-state index in [9.17, 15) is 8.42 Å². The number of nitrogens with one attached hydrogen (secondary N) is 2. The van der Waals surface area contributed by atoms with E-state index in [4.69, 9.17) is 0 Å². The van der Waals surface area contributed by atoms with Crippen LogP contribution in [0.5, 0.6) is 0 Å². The molecule has 0 aliphatic heterocycles. The highest BCUT2D eigenvalue weighted by Crippen LogP contribution is 2.24. The van der Waals surface area contributed by atoms with Crippen molar-refractivity contribution in [3.63, 3.8) is 0 Å². The molecule has 4 nitrogen and oxygen atoms in total. The van der Waals surface area contributed by atoms with Gasteiger partial charge in [0.15, 0.2) is 0 Å². The van der Waals surface area contributed by atoms with Crippen molar-refractivity contribution in [2.45, 2.75) is 61.6 Å². The Kier molecular flexibility index (Phi) is 6.67. The summed E-state index contributed by atoms with van der Waals surface area (Å²) in [4.78, 5) is 1.11. The van der Waals surface area contributed by atoms with Crippen LogP contribution in [0.4, 0.5) is 0 Å². The monoisotopic (exact) mass is 330 g/mol. The second-order valence-corrected chi connectivity index (χ2v) is 8.85. The third kappa shape index (κ3) is 5.36. The first-order chi connectivity index (χ1) is 10.1. The van der Waals surface area contributed by atoms with Crippen LogP contribution < -0.4 is 10.0 Å². The van der Waals surface area contributed by atoms with Gasteiger partial charge < -0.3 is 5.32 Å². The van der Waals surface area contributed by atoms with Crippen LogP contribution in [0, 0.1) is 0 Å². The topological polar surface area (TPSA) is 58.2 Å². The van der Waals surface area contributed by atoms with Crippen LogP contribution in [-0.4, -0.2) is 28.1 Å². The Morgan fingerprint density at radius 2 is 1.81 bits per heavy atom. The van der Waals surface area contributed by atoms with E-state index >= 15 is 0 Å². The van der Waals surface area contributed by atoms with Gasteiger partial charge in [0.2, 0.25) is 10.0 Å². The zero-order chi connectivity index (χ0) is 15.1. The Morgan fingerprint density at radius 1 is 1.14 bits per heavy atom. The van der Waals surface area contributed by atoms with Crippen molar-refractivity contribution >= 4 is 21.4 Å². The Hall–Kier alpha value is -0.430. The molecule has 2 N–H and O–H groups in total. The van der Waals surface area contributed by atoms with Gasteiger partial charge in [0, 0.05) is 10.9 Å². The molecule has 0 spiro atoms. The molecule has 1 aliphatic rings. The molecule has 1 aliphatic carbocycles. The van der Waals surface area contributed by atoms with Crippen molar-refractivity contribution in [3.05, 3.63) is 17.0 Å². The van der Waals surface area contributed by atoms with E-state index in [0.717, 1.165) is 43.5 Å². The summed E-state index contributed by atoms with van der Waals surface area (Å²) in [6.07, 6.45) is 8.82. The first kappa shape index (κ1) is 16.9. The lowest BCUT2D eigenvalue weighted by molar-refractivity contribution is 0.427. The molecule has 0 atom stereocenters. The standard InChI is InChI=1S/C15H26N2O2S2/c1-16-12-11-14-9-10-15(20-14)21(18,19)17-13-7-5-3-2-4-6-8-13/h9-10,13,16-17H,2-8,11-12H2,1H3. The van der Waals surface area contributed by atoms with Gasteiger partial charge in [-0.3, -0.25) is 0 Å². The van der Waals surface area contributed by atoms with Gasteiger partial charge in [-0.2, -0.15) is 0 Å². The van der Waals surface area contributed by atoms with Crippen LogP contribution in [0.25, 0.3) is 0 Å². The minimum atomic E-state index is -3.34. The summed E-state index contributed by atoms with van der Waals surface area (Å²) in [5.41, 5.74) is 0. The number of hydrogen-bond donors (Lipinski definition) is 2. The summed E-state index contributed by atoms with van der Waals surface area (Å²) in [5.74, 6) is 0. The predicted octanol–water partition coefficient (Wildman–Crippen LogP) is 2.90. The molecular weight excluding hydrogens is 304 g/mol. The molecule has 0 saturated heterocycles. The fraction of sp³-hybridized carbons (Fsp3) is 0.733. The van der Waals surface area contributed by atoms with Crippen molar-refractivity contribution < 1.29 is 8.42 Å². The van der Waals surface area contributed by atoms with Crippen LogP contribution in [0.1, 0.15) is 49.8 Å². The van der Waals surface area contributed by atoms with Crippen molar-refractivity contribution in [1.82, 2.24) is 10.0 Å². The third-order valence-corrected chi connectivity index (χ3v) is 7.11. The molecule has 6 heteroatoms. The van der Waals surface area contributed by atoms with Crippen molar-refractivity contribution in [2.24, 2.45) is 0 Å². The van der Waals surface area contributed by atoms with Gasteiger partial charge in [0.05, 0.1) is 0 Å². The number of thiophene rings is 1. The molecule has 0 aromatic carbocycles. The van der Waals surface area contributed by atoms with Crippen molar-refractivity contribution in [1.29, 1.82) is 0 Å². The molecule has 0 radical (unpaired) electrons. The number of sulfonamides is 1. The summed E-state index contributed by atoms with van der Waals surface area (Å²) >= 11 is 1.39. The summed E-state index contributed by atoms with van der Waals surface area (Å²) in [5, 5.41) is 3.08. The van der Waals surface area contributed by atoms with E-state index in [1.807, 2.05) is 13.1 Å². The molecule has 1 aromatic rings. The SMILES string of the molecule is CNCCc1ccc(S(=O)(=O)NC2CCCCCCC2)s1. The first-order valence-electron chi connectivity index (χ1n) is 7.87. The largest absolute Gasteiger partial charge is 0.319 e. The Balaban J connectivity index is 1.97. The summed E-state index contributed by atoms with van der Waals surface area (Å²) in [6, 6.07) is 3.77. The average molecular weight is 331 g/mol. The maximum absolute atomic E-state index is 12.5. The number of rotatable bonds is 6. The van der Waals surface area contributed by atoms with Crippen LogP contribution in [0.2, 0.25) is 0 Å². The molecule has 1 aromatic heterocycles. The molecule has 120 valence electrons. The molecule has 0 amide bonds. The Morgan fingerprint density at radius 3 is 2.48 bits per heavy atom.